The lowest BCUT2D eigenvalue weighted by molar-refractivity contribution is 0.627. The smallest absolute Gasteiger partial charge is 0.124 e. The van der Waals surface area contributed by atoms with Gasteiger partial charge in [-0.05, 0) is 49.7 Å². The predicted molar refractivity (Wildman–Crippen MR) is 90.1 cm³/mol. The summed E-state index contributed by atoms with van der Waals surface area (Å²) in [6.45, 7) is 3.98. The molecule has 4 heteroatoms. The molecule has 0 radical (unpaired) electrons. The minimum atomic E-state index is -0.211. The second-order valence-corrected chi connectivity index (χ2v) is 7.01. The van der Waals surface area contributed by atoms with Gasteiger partial charge in [-0.25, -0.2) is 9.37 Å². The summed E-state index contributed by atoms with van der Waals surface area (Å²) in [4.78, 5) is 5.92. The molecular weight excluding hydrogens is 349 g/mol. The Kier molecular flexibility index (Phi) is 3.91. The number of benzene rings is 2. The van der Waals surface area contributed by atoms with E-state index < -0.39 is 0 Å². The van der Waals surface area contributed by atoms with E-state index >= 15 is 0 Å². The number of rotatable bonds is 2. The van der Waals surface area contributed by atoms with Gasteiger partial charge in [0.2, 0.25) is 0 Å². The number of hydrogen-bond donors (Lipinski definition) is 0. The van der Waals surface area contributed by atoms with Crippen LogP contribution in [0.4, 0.5) is 4.39 Å². The normalized spacial score (nSPS) is 10.9. The average molecular weight is 362 g/mol. The van der Waals surface area contributed by atoms with E-state index in [1.54, 1.807) is 23.5 Å². The molecule has 3 aromatic rings. The number of nitrogens with zero attached hydrogens (tertiary/aromatic N) is 1. The fourth-order valence-corrected chi connectivity index (χ4v) is 3.71. The van der Waals surface area contributed by atoms with Crippen molar-refractivity contribution in [1.82, 2.24) is 4.98 Å². The summed E-state index contributed by atoms with van der Waals surface area (Å²) in [5.41, 5.74) is 3.97. The SMILES string of the molecule is Cc1cc(F)ccc1-c1nc(-c2cccc(Br)c2)c(C)s1. The van der Waals surface area contributed by atoms with Gasteiger partial charge < -0.3 is 0 Å². The zero-order chi connectivity index (χ0) is 15.0. The van der Waals surface area contributed by atoms with Crippen molar-refractivity contribution in [1.29, 1.82) is 0 Å². The summed E-state index contributed by atoms with van der Waals surface area (Å²) in [6.07, 6.45) is 0. The van der Waals surface area contributed by atoms with Crippen LogP contribution in [0.5, 0.6) is 0 Å². The van der Waals surface area contributed by atoms with Gasteiger partial charge in [-0.3, -0.25) is 0 Å². The van der Waals surface area contributed by atoms with E-state index in [0.717, 1.165) is 36.7 Å². The molecule has 0 spiro atoms. The highest BCUT2D eigenvalue weighted by molar-refractivity contribution is 9.10. The highest BCUT2D eigenvalue weighted by atomic mass is 79.9. The van der Waals surface area contributed by atoms with Crippen molar-refractivity contribution < 1.29 is 4.39 Å². The Labute approximate surface area is 135 Å². The maximum atomic E-state index is 13.2. The molecule has 0 bridgehead atoms. The third-order valence-electron chi connectivity index (χ3n) is 3.31. The van der Waals surface area contributed by atoms with Gasteiger partial charge in [-0.15, -0.1) is 11.3 Å². The number of hydrogen-bond acceptors (Lipinski definition) is 2. The van der Waals surface area contributed by atoms with Crippen molar-refractivity contribution in [2.24, 2.45) is 0 Å². The first-order valence-electron chi connectivity index (χ1n) is 6.54. The standard InChI is InChI=1S/C17H13BrFNS/c1-10-8-14(19)6-7-15(10)17-20-16(11(2)21-17)12-4-3-5-13(18)9-12/h3-9H,1-2H3. The van der Waals surface area contributed by atoms with Crippen LogP contribution in [0.3, 0.4) is 0 Å². The minimum absolute atomic E-state index is 0.211. The molecular formula is C17H13BrFNS. The molecule has 2 aromatic carbocycles. The van der Waals surface area contributed by atoms with Crippen molar-refractivity contribution in [2.75, 3.05) is 0 Å². The molecule has 0 fully saturated rings. The Bertz CT molecular complexity index is 810. The third-order valence-corrected chi connectivity index (χ3v) is 4.81. The third kappa shape index (κ3) is 2.92. The van der Waals surface area contributed by atoms with Crippen molar-refractivity contribution >= 4 is 27.3 Å². The summed E-state index contributed by atoms with van der Waals surface area (Å²) < 4.78 is 14.3. The Morgan fingerprint density at radius 1 is 1.10 bits per heavy atom. The fourth-order valence-electron chi connectivity index (χ4n) is 2.28. The second kappa shape index (κ2) is 5.70. The fraction of sp³-hybridized carbons (Fsp3) is 0.118. The summed E-state index contributed by atoms with van der Waals surface area (Å²) in [7, 11) is 0. The average Bonchev–Trinajstić information content (AvgIpc) is 2.80. The topological polar surface area (TPSA) is 12.9 Å². The highest BCUT2D eigenvalue weighted by Gasteiger charge is 2.13. The number of halogens is 2. The molecule has 0 amide bonds. The van der Waals surface area contributed by atoms with Crippen LogP contribution in [-0.2, 0) is 0 Å². The van der Waals surface area contributed by atoms with E-state index in [9.17, 15) is 4.39 Å². The zero-order valence-corrected chi connectivity index (χ0v) is 14.1. The lowest BCUT2D eigenvalue weighted by atomic mass is 10.1. The summed E-state index contributed by atoms with van der Waals surface area (Å²) in [5.74, 6) is -0.211. The van der Waals surface area contributed by atoms with Crippen molar-refractivity contribution in [3.05, 3.63) is 63.2 Å². The molecule has 0 aliphatic rings. The van der Waals surface area contributed by atoms with Crippen LogP contribution in [0.2, 0.25) is 0 Å². The second-order valence-electron chi connectivity index (χ2n) is 4.89. The number of thiazole rings is 1. The molecule has 0 unspecified atom stereocenters. The molecule has 3 rings (SSSR count). The van der Waals surface area contributed by atoms with Gasteiger partial charge in [0, 0.05) is 20.5 Å². The predicted octanol–water partition coefficient (Wildman–Crippen LogP) is 6.00. The van der Waals surface area contributed by atoms with E-state index in [1.807, 2.05) is 25.1 Å². The van der Waals surface area contributed by atoms with Crippen molar-refractivity contribution in [2.45, 2.75) is 13.8 Å². The summed E-state index contributed by atoms with van der Waals surface area (Å²) in [6, 6.07) is 12.9. The monoisotopic (exact) mass is 361 g/mol. The van der Waals surface area contributed by atoms with E-state index in [4.69, 9.17) is 4.98 Å². The van der Waals surface area contributed by atoms with Crippen LogP contribution < -0.4 is 0 Å². The lowest BCUT2D eigenvalue weighted by Crippen LogP contribution is -1.85. The van der Waals surface area contributed by atoms with Crippen LogP contribution in [0.15, 0.2) is 46.9 Å². The van der Waals surface area contributed by atoms with Gasteiger partial charge in [0.15, 0.2) is 0 Å². The molecule has 0 aliphatic heterocycles. The number of aryl methyl sites for hydroxylation is 2. The van der Waals surface area contributed by atoms with Gasteiger partial charge in [0.1, 0.15) is 10.8 Å². The minimum Gasteiger partial charge on any atom is -0.236 e. The molecule has 0 aliphatic carbocycles. The quantitative estimate of drug-likeness (QED) is 0.545. The van der Waals surface area contributed by atoms with Crippen LogP contribution in [0.1, 0.15) is 10.4 Å². The molecule has 1 heterocycles. The maximum Gasteiger partial charge on any atom is 0.124 e. The highest BCUT2D eigenvalue weighted by Crippen LogP contribution is 2.35. The molecule has 0 N–H and O–H groups in total. The Morgan fingerprint density at radius 3 is 2.62 bits per heavy atom. The molecule has 0 saturated carbocycles. The first-order chi connectivity index (χ1) is 10.0. The van der Waals surface area contributed by atoms with Crippen LogP contribution in [-0.4, -0.2) is 4.98 Å². The molecule has 0 saturated heterocycles. The Hall–Kier alpha value is -1.52. The van der Waals surface area contributed by atoms with E-state index in [2.05, 4.69) is 28.9 Å². The van der Waals surface area contributed by atoms with Gasteiger partial charge in [0.25, 0.3) is 0 Å². The lowest BCUT2D eigenvalue weighted by Gasteiger charge is -2.02. The van der Waals surface area contributed by atoms with Gasteiger partial charge in [-0.1, -0.05) is 28.1 Å². The maximum absolute atomic E-state index is 13.2. The molecule has 106 valence electrons. The zero-order valence-electron chi connectivity index (χ0n) is 11.7. The van der Waals surface area contributed by atoms with Gasteiger partial charge >= 0.3 is 0 Å². The van der Waals surface area contributed by atoms with Gasteiger partial charge in [0.05, 0.1) is 5.69 Å². The van der Waals surface area contributed by atoms with E-state index in [1.165, 1.54) is 6.07 Å². The van der Waals surface area contributed by atoms with Gasteiger partial charge in [-0.2, -0.15) is 0 Å². The van der Waals surface area contributed by atoms with Crippen LogP contribution >= 0.6 is 27.3 Å². The van der Waals surface area contributed by atoms with Crippen molar-refractivity contribution in [3.8, 4) is 21.8 Å². The first-order valence-corrected chi connectivity index (χ1v) is 8.15. The largest absolute Gasteiger partial charge is 0.236 e. The van der Waals surface area contributed by atoms with Crippen molar-refractivity contribution in [3.63, 3.8) is 0 Å². The molecule has 0 atom stereocenters. The van der Waals surface area contributed by atoms with E-state index in [-0.39, 0.29) is 5.82 Å². The number of aromatic nitrogens is 1. The molecule has 1 aromatic heterocycles. The Morgan fingerprint density at radius 2 is 1.90 bits per heavy atom. The van der Waals surface area contributed by atoms with Crippen LogP contribution in [0.25, 0.3) is 21.8 Å². The Balaban J connectivity index is 2.09. The first kappa shape index (κ1) is 14.4. The van der Waals surface area contributed by atoms with E-state index in [0.29, 0.717) is 0 Å². The van der Waals surface area contributed by atoms with Crippen LogP contribution in [0, 0.1) is 19.7 Å². The summed E-state index contributed by atoms with van der Waals surface area (Å²) >= 11 is 5.13. The molecule has 1 nitrogen and oxygen atoms in total. The summed E-state index contributed by atoms with van der Waals surface area (Å²) in [5, 5.41) is 0.931. The molecule has 21 heavy (non-hydrogen) atoms.